The number of aryl methyl sites for hydroxylation is 1. The van der Waals surface area contributed by atoms with Crippen molar-refractivity contribution < 1.29 is 4.79 Å². The van der Waals surface area contributed by atoms with Crippen molar-refractivity contribution in [3.05, 3.63) is 51.5 Å². The molecule has 1 unspecified atom stereocenters. The lowest BCUT2D eigenvalue weighted by molar-refractivity contribution is 0.0929. The topological polar surface area (TPSA) is 68.0 Å². The summed E-state index contributed by atoms with van der Waals surface area (Å²) in [6.07, 6.45) is 2.90. The number of benzene rings is 1. The van der Waals surface area contributed by atoms with Crippen molar-refractivity contribution in [1.82, 2.24) is 10.3 Å². The molecule has 1 aromatic heterocycles. The van der Waals surface area contributed by atoms with Crippen molar-refractivity contribution in [2.75, 3.05) is 0 Å². The molecular formula is C15H17N3OS. The average Bonchev–Trinajstić information content (AvgIpc) is 2.96. The molecule has 0 bridgehead atoms. The highest BCUT2D eigenvalue weighted by molar-refractivity contribution is 7.09. The molecule has 1 aliphatic carbocycles. The largest absolute Gasteiger partial charge is 0.348 e. The minimum atomic E-state index is -0.0923. The molecule has 2 aromatic rings. The first-order chi connectivity index (χ1) is 9.76. The molecule has 1 amide bonds. The molecule has 0 aliphatic heterocycles. The number of nitrogens with zero attached hydrogens (tertiary/aromatic N) is 1. The van der Waals surface area contributed by atoms with Crippen molar-refractivity contribution in [2.24, 2.45) is 5.73 Å². The first-order valence-corrected chi connectivity index (χ1v) is 7.66. The zero-order chi connectivity index (χ0) is 13.9. The van der Waals surface area contributed by atoms with Gasteiger partial charge in [-0.25, -0.2) is 4.98 Å². The second kappa shape index (κ2) is 5.73. The van der Waals surface area contributed by atoms with E-state index in [0.29, 0.717) is 12.2 Å². The highest BCUT2D eigenvalue weighted by Crippen LogP contribution is 2.21. The quantitative estimate of drug-likeness (QED) is 0.906. The van der Waals surface area contributed by atoms with Crippen molar-refractivity contribution in [3.63, 3.8) is 0 Å². The van der Waals surface area contributed by atoms with Crippen LogP contribution in [0.25, 0.3) is 0 Å². The Balaban J connectivity index is 1.66. The van der Waals surface area contributed by atoms with Gasteiger partial charge in [-0.1, -0.05) is 24.3 Å². The van der Waals surface area contributed by atoms with Gasteiger partial charge in [0, 0.05) is 18.0 Å². The Hall–Kier alpha value is -1.72. The molecule has 1 heterocycles. The molecule has 4 nitrogen and oxygen atoms in total. The zero-order valence-electron chi connectivity index (χ0n) is 11.1. The summed E-state index contributed by atoms with van der Waals surface area (Å²) in [7, 11) is 0. The number of carbonyl (C=O) groups excluding carboxylic acids is 1. The zero-order valence-corrected chi connectivity index (χ0v) is 12.0. The third kappa shape index (κ3) is 2.73. The first kappa shape index (κ1) is 13.3. The van der Waals surface area contributed by atoms with Gasteiger partial charge in [-0.3, -0.25) is 4.79 Å². The van der Waals surface area contributed by atoms with Gasteiger partial charge in [-0.15, -0.1) is 11.3 Å². The Bertz CT molecular complexity index is 623. The summed E-state index contributed by atoms with van der Waals surface area (Å²) >= 11 is 1.43. The Morgan fingerprint density at radius 1 is 1.40 bits per heavy atom. The standard InChI is InChI=1S/C15H17N3OS/c16-8-14-18-13(9-20-14)15(19)17-12-6-5-10-3-1-2-4-11(10)7-12/h1-4,9,12H,5-8,16H2,(H,17,19). The maximum absolute atomic E-state index is 12.1. The van der Waals surface area contributed by atoms with E-state index in [1.807, 2.05) is 0 Å². The normalized spacial score (nSPS) is 17.6. The lowest BCUT2D eigenvalue weighted by Crippen LogP contribution is -2.39. The van der Waals surface area contributed by atoms with Crippen LogP contribution >= 0.6 is 11.3 Å². The van der Waals surface area contributed by atoms with Gasteiger partial charge >= 0.3 is 0 Å². The average molecular weight is 287 g/mol. The highest BCUT2D eigenvalue weighted by Gasteiger charge is 2.21. The Morgan fingerprint density at radius 2 is 2.20 bits per heavy atom. The molecule has 0 fully saturated rings. The Morgan fingerprint density at radius 3 is 2.95 bits per heavy atom. The lowest BCUT2D eigenvalue weighted by Gasteiger charge is -2.25. The van der Waals surface area contributed by atoms with E-state index in [-0.39, 0.29) is 11.9 Å². The first-order valence-electron chi connectivity index (χ1n) is 6.78. The van der Waals surface area contributed by atoms with Crippen molar-refractivity contribution in [3.8, 4) is 0 Å². The van der Waals surface area contributed by atoms with Gasteiger partial charge in [0.15, 0.2) is 0 Å². The van der Waals surface area contributed by atoms with E-state index >= 15 is 0 Å². The fourth-order valence-corrected chi connectivity index (χ4v) is 3.24. The molecule has 0 radical (unpaired) electrons. The van der Waals surface area contributed by atoms with E-state index in [2.05, 4.69) is 34.6 Å². The summed E-state index contributed by atoms with van der Waals surface area (Å²) in [5.41, 5.74) is 8.74. The third-order valence-corrected chi connectivity index (χ3v) is 4.51. The molecule has 5 heteroatoms. The maximum atomic E-state index is 12.1. The van der Waals surface area contributed by atoms with Crippen LogP contribution in [-0.2, 0) is 19.4 Å². The van der Waals surface area contributed by atoms with Crippen LogP contribution in [0, 0.1) is 0 Å². The monoisotopic (exact) mass is 287 g/mol. The molecule has 0 saturated heterocycles. The van der Waals surface area contributed by atoms with Gasteiger partial charge in [0.2, 0.25) is 0 Å². The van der Waals surface area contributed by atoms with E-state index < -0.39 is 0 Å². The van der Waals surface area contributed by atoms with E-state index in [0.717, 1.165) is 24.3 Å². The van der Waals surface area contributed by atoms with Crippen LogP contribution in [-0.4, -0.2) is 16.9 Å². The predicted molar refractivity (Wildman–Crippen MR) is 79.7 cm³/mol. The molecule has 0 spiro atoms. The summed E-state index contributed by atoms with van der Waals surface area (Å²) < 4.78 is 0. The molecule has 1 atom stereocenters. The third-order valence-electron chi connectivity index (χ3n) is 3.64. The van der Waals surface area contributed by atoms with Gasteiger partial charge in [0.1, 0.15) is 10.7 Å². The number of amides is 1. The highest BCUT2D eigenvalue weighted by atomic mass is 32.1. The number of hydrogen-bond donors (Lipinski definition) is 2. The molecule has 0 saturated carbocycles. The van der Waals surface area contributed by atoms with E-state index in [1.165, 1.54) is 22.5 Å². The fraction of sp³-hybridized carbons (Fsp3) is 0.333. The number of hydrogen-bond acceptors (Lipinski definition) is 4. The van der Waals surface area contributed by atoms with E-state index in [4.69, 9.17) is 5.73 Å². The molecule has 1 aromatic carbocycles. The van der Waals surface area contributed by atoms with Crippen LogP contribution in [0.15, 0.2) is 29.6 Å². The van der Waals surface area contributed by atoms with Crippen LogP contribution < -0.4 is 11.1 Å². The lowest BCUT2D eigenvalue weighted by atomic mass is 9.88. The van der Waals surface area contributed by atoms with Crippen molar-refractivity contribution >= 4 is 17.2 Å². The van der Waals surface area contributed by atoms with Crippen LogP contribution in [0.2, 0.25) is 0 Å². The minimum absolute atomic E-state index is 0.0923. The SMILES string of the molecule is NCc1nc(C(=O)NC2CCc3ccccc3C2)cs1. The number of fused-ring (bicyclic) bond motifs is 1. The summed E-state index contributed by atoms with van der Waals surface area (Å²) in [4.78, 5) is 16.4. The fourth-order valence-electron chi connectivity index (χ4n) is 2.59. The Kier molecular flexibility index (Phi) is 3.80. The van der Waals surface area contributed by atoms with Crippen LogP contribution in [0.3, 0.4) is 0 Å². The van der Waals surface area contributed by atoms with Crippen LogP contribution in [0.1, 0.15) is 33.0 Å². The van der Waals surface area contributed by atoms with Crippen molar-refractivity contribution in [1.29, 1.82) is 0 Å². The maximum Gasteiger partial charge on any atom is 0.270 e. The summed E-state index contributed by atoms with van der Waals surface area (Å²) in [5.74, 6) is -0.0923. The van der Waals surface area contributed by atoms with Gasteiger partial charge < -0.3 is 11.1 Å². The smallest absolute Gasteiger partial charge is 0.270 e. The predicted octanol–water partition coefficient (Wildman–Crippen LogP) is 1.89. The second-order valence-corrected chi connectivity index (χ2v) is 5.96. The number of rotatable bonds is 3. The van der Waals surface area contributed by atoms with Gasteiger partial charge in [0.25, 0.3) is 5.91 Å². The summed E-state index contributed by atoms with van der Waals surface area (Å²) in [5, 5.41) is 5.65. The van der Waals surface area contributed by atoms with Gasteiger partial charge in [-0.2, -0.15) is 0 Å². The molecule has 3 rings (SSSR count). The number of carbonyl (C=O) groups is 1. The van der Waals surface area contributed by atoms with Gasteiger partial charge in [-0.05, 0) is 30.4 Å². The van der Waals surface area contributed by atoms with Crippen LogP contribution in [0.4, 0.5) is 0 Å². The van der Waals surface area contributed by atoms with E-state index in [9.17, 15) is 4.79 Å². The number of aromatic nitrogens is 1. The van der Waals surface area contributed by atoms with Crippen LogP contribution in [0.5, 0.6) is 0 Å². The van der Waals surface area contributed by atoms with E-state index in [1.54, 1.807) is 5.38 Å². The number of thiazole rings is 1. The number of nitrogens with two attached hydrogens (primary N) is 1. The molecular weight excluding hydrogens is 270 g/mol. The number of nitrogens with one attached hydrogen (secondary N) is 1. The summed E-state index contributed by atoms with van der Waals surface area (Å²) in [6.45, 7) is 0.384. The molecule has 1 aliphatic rings. The minimum Gasteiger partial charge on any atom is -0.348 e. The Labute approximate surface area is 122 Å². The van der Waals surface area contributed by atoms with Gasteiger partial charge in [0.05, 0.1) is 0 Å². The molecule has 3 N–H and O–H groups in total. The molecule has 104 valence electrons. The second-order valence-electron chi connectivity index (χ2n) is 5.01. The van der Waals surface area contributed by atoms with Crippen molar-refractivity contribution in [2.45, 2.75) is 31.8 Å². The molecule has 20 heavy (non-hydrogen) atoms. The summed E-state index contributed by atoms with van der Waals surface area (Å²) in [6, 6.07) is 8.63.